The smallest absolute Gasteiger partial charge is 0.149 e. The maximum Gasteiger partial charge on any atom is 0.149 e. The molecule has 0 aromatic carbocycles. The van der Waals surface area contributed by atoms with Gasteiger partial charge in [-0.2, -0.15) is 5.10 Å². The van der Waals surface area contributed by atoms with Crippen molar-refractivity contribution < 1.29 is 0 Å². The summed E-state index contributed by atoms with van der Waals surface area (Å²) >= 11 is 0. The van der Waals surface area contributed by atoms with Gasteiger partial charge in [0.25, 0.3) is 0 Å². The Morgan fingerprint density at radius 2 is 2.47 bits per heavy atom. The molecule has 0 saturated carbocycles. The molecule has 1 saturated heterocycles. The van der Waals surface area contributed by atoms with E-state index in [2.05, 4.69) is 22.0 Å². The second-order valence-corrected chi connectivity index (χ2v) is 4.10. The van der Waals surface area contributed by atoms with Crippen molar-refractivity contribution in [2.24, 2.45) is 0 Å². The summed E-state index contributed by atoms with van der Waals surface area (Å²) in [5.41, 5.74) is 7.02. The van der Waals surface area contributed by atoms with Gasteiger partial charge >= 0.3 is 0 Å². The fraction of sp³-hybridized carbons (Fsp3) is 0.636. The highest BCUT2D eigenvalue weighted by molar-refractivity contribution is 5.40. The monoisotopic (exact) mass is 206 g/mol. The normalized spacial score (nSPS) is 22.9. The first-order chi connectivity index (χ1) is 7.31. The molecule has 0 unspecified atom stereocenters. The van der Waals surface area contributed by atoms with Gasteiger partial charge in [-0.1, -0.05) is 6.92 Å². The lowest BCUT2D eigenvalue weighted by molar-refractivity contribution is 0.218. The molecule has 0 bridgehead atoms. The third kappa shape index (κ3) is 2.26. The fourth-order valence-electron chi connectivity index (χ4n) is 2.29. The van der Waals surface area contributed by atoms with Gasteiger partial charge in [0.05, 0.1) is 6.20 Å². The van der Waals surface area contributed by atoms with E-state index in [0.29, 0.717) is 11.7 Å². The third-order valence-electron chi connectivity index (χ3n) is 3.17. The van der Waals surface area contributed by atoms with Crippen molar-refractivity contribution in [1.29, 1.82) is 0 Å². The molecule has 4 nitrogen and oxygen atoms in total. The van der Waals surface area contributed by atoms with Gasteiger partial charge in [0.1, 0.15) is 5.82 Å². The van der Waals surface area contributed by atoms with Crippen molar-refractivity contribution in [3.63, 3.8) is 0 Å². The Morgan fingerprint density at radius 3 is 3.20 bits per heavy atom. The predicted molar refractivity (Wildman–Crippen MR) is 60.5 cm³/mol. The maximum absolute atomic E-state index is 5.85. The van der Waals surface area contributed by atoms with Crippen LogP contribution in [0.5, 0.6) is 0 Å². The zero-order valence-corrected chi connectivity index (χ0v) is 9.19. The van der Waals surface area contributed by atoms with Gasteiger partial charge in [-0.15, -0.1) is 5.10 Å². The van der Waals surface area contributed by atoms with E-state index in [4.69, 9.17) is 5.73 Å². The van der Waals surface area contributed by atoms with Gasteiger partial charge < -0.3 is 10.6 Å². The van der Waals surface area contributed by atoms with Gasteiger partial charge in [-0.05, 0) is 32.0 Å². The van der Waals surface area contributed by atoms with E-state index in [1.807, 2.05) is 6.07 Å². The SMILES string of the molecule is CCN1CCC[C@H](c2ccnnc2N)C1. The van der Waals surface area contributed by atoms with Gasteiger partial charge in [0, 0.05) is 18.0 Å². The van der Waals surface area contributed by atoms with Crippen LogP contribution in [-0.4, -0.2) is 34.7 Å². The summed E-state index contributed by atoms with van der Waals surface area (Å²) in [7, 11) is 0. The van der Waals surface area contributed by atoms with Crippen molar-refractivity contribution in [2.75, 3.05) is 25.4 Å². The Hall–Kier alpha value is -1.16. The largest absolute Gasteiger partial charge is 0.382 e. The molecule has 2 heterocycles. The predicted octanol–water partition coefficient (Wildman–Crippen LogP) is 1.26. The van der Waals surface area contributed by atoms with E-state index >= 15 is 0 Å². The summed E-state index contributed by atoms with van der Waals surface area (Å²) in [4.78, 5) is 2.47. The molecule has 4 heteroatoms. The number of likely N-dealkylation sites (N-methyl/N-ethyl adjacent to an activating group) is 1. The number of anilines is 1. The van der Waals surface area contributed by atoms with Crippen LogP contribution in [0.4, 0.5) is 5.82 Å². The van der Waals surface area contributed by atoms with Crippen molar-refractivity contribution in [1.82, 2.24) is 15.1 Å². The maximum atomic E-state index is 5.85. The van der Waals surface area contributed by atoms with Crippen LogP contribution in [0.15, 0.2) is 12.3 Å². The molecule has 0 aliphatic carbocycles. The van der Waals surface area contributed by atoms with Gasteiger partial charge in [0.15, 0.2) is 0 Å². The molecule has 0 amide bonds. The van der Waals surface area contributed by atoms with Crippen molar-refractivity contribution in [3.05, 3.63) is 17.8 Å². The van der Waals surface area contributed by atoms with Gasteiger partial charge in [0.2, 0.25) is 0 Å². The summed E-state index contributed by atoms with van der Waals surface area (Å²) in [6, 6.07) is 2.01. The van der Waals surface area contributed by atoms with E-state index in [-0.39, 0.29) is 0 Å². The lowest BCUT2D eigenvalue weighted by Gasteiger charge is -2.32. The number of likely N-dealkylation sites (tertiary alicyclic amines) is 1. The Balaban J connectivity index is 2.13. The molecule has 1 aliphatic rings. The average molecular weight is 206 g/mol. The van der Waals surface area contributed by atoms with Crippen molar-refractivity contribution >= 4 is 5.82 Å². The van der Waals surface area contributed by atoms with E-state index in [1.165, 1.54) is 24.9 Å². The lowest BCUT2D eigenvalue weighted by atomic mass is 9.91. The third-order valence-corrected chi connectivity index (χ3v) is 3.17. The highest BCUT2D eigenvalue weighted by Crippen LogP contribution is 2.28. The minimum atomic E-state index is 0.536. The van der Waals surface area contributed by atoms with E-state index in [9.17, 15) is 0 Å². The minimum Gasteiger partial charge on any atom is -0.382 e. The van der Waals surface area contributed by atoms with Crippen LogP contribution >= 0.6 is 0 Å². The summed E-state index contributed by atoms with van der Waals surface area (Å²) < 4.78 is 0. The first-order valence-electron chi connectivity index (χ1n) is 5.60. The Labute approximate surface area is 90.5 Å². The Morgan fingerprint density at radius 1 is 1.60 bits per heavy atom. The first kappa shape index (κ1) is 10.4. The van der Waals surface area contributed by atoms with Crippen LogP contribution in [0.3, 0.4) is 0 Å². The molecule has 1 aromatic rings. The zero-order chi connectivity index (χ0) is 10.7. The minimum absolute atomic E-state index is 0.536. The molecule has 1 atom stereocenters. The summed E-state index contributed by atoms with van der Waals surface area (Å²) in [5, 5.41) is 7.70. The lowest BCUT2D eigenvalue weighted by Crippen LogP contribution is -2.34. The Kier molecular flexibility index (Phi) is 3.16. The van der Waals surface area contributed by atoms with Crippen LogP contribution < -0.4 is 5.73 Å². The molecule has 15 heavy (non-hydrogen) atoms. The number of piperidine rings is 1. The second-order valence-electron chi connectivity index (χ2n) is 4.10. The van der Waals surface area contributed by atoms with Crippen molar-refractivity contribution in [2.45, 2.75) is 25.7 Å². The molecular weight excluding hydrogens is 188 g/mol. The molecule has 1 fully saturated rings. The van der Waals surface area contributed by atoms with Crippen LogP contribution in [0.2, 0.25) is 0 Å². The van der Waals surface area contributed by atoms with Crippen LogP contribution in [-0.2, 0) is 0 Å². The standard InChI is InChI=1S/C11H18N4/c1-2-15-7-3-4-9(8-15)10-5-6-13-14-11(10)12/h5-6,9H,2-4,7-8H2,1H3,(H2,12,14)/t9-/m0/s1. The van der Waals surface area contributed by atoms with E-state index in [0.717, 1.165) is 13.1 Å². The highest BCUT2D eigenvalue weighted by Gasteiger charge is 2.22. The number of nitrogens with two attached hydrogens (primary N) is 1. The molecule has 0 radical (unpaired) electrons. The summed E-state index contributed by atoms with van der Waals surface area (Å²) in [6.45, 7) is 5.64. The topological polar surface area (TPSA) is 55.0 Å². The number of nitrogens with zero attached hydrogens (tertiary/aromatic N) is 3. The van der Waals surface area contributed by atoms with Gasteiger partial charge in [-0.3, -0.25) is 0 Å². The van der Waals surface area contributed by atoms with Crippen LogP contribution in [0.1, 0.15) is 31.2 Å². The van der Waals surface area contributed by atoms with Gasteiger partial charge in [-0.25, -0.2) is 0 Å². The molecule has 1 aliphatic heterocycles. The van der Waals surface area contributed by atoms with Crippen molar-refractivity contribution in [3.8, 4) is 0 Å². The quantitative estimate of drug-likeness (QED) is 0.791. The summed E-state index contributed by atoms with van der Waals surface area (Å²) in [5.74, 6) is 1.13. The zero-order valence-electron chi connectivity index (χ0n) is 9.19. The second kappa shape index (κ2) is 4.57. The van der Waals surface area contributed by atoms with E-state index < -0.39 is 0 Å². The molecular formula is C11H18N4. The number of aromatic nitrogens is 2. The summed E-state index contributed by atoms with van der Waals surface area (Å²) in [6.07, 6.45) is 4.20. The number of rotatable bonds is 2. The fourth-order valence-corrected chi connectivity index (χ4v) is 2.29. The molecule has 82 valence electrons. The van der Waals surface area contributed by atoms with Crippen LogP contribution in [0.25, 0.3) is 0 Å². The number of hydrogen-bond donors (Lipinski definition) is 1. The Bertz CT molecular complexity index is 326. The average Bonchev–Trinajstić information content (AvgIpc) is 2.30. The highest BCUT2D eigenvalue weighted by atomic mass is 15.1. The van der Waals surface area contributed by atoms with E-state index in [1.54, 1.807) is 6.20 Å². The number of nitrogen functional groups attached to an aromatic ring is 1. The first-order valence-corrected chi connectivity index (χ1v) is 5.60. The van der Waals surface area contributed by atoms with Crippen LogP contribution in [0, 0.1) is 0 Å². The molecule has 1 aromatic heterocycles. The molecule has 2 rings (SSSR count). The number of hydrogen-bond acceptors (Lipinski definition) is 4. The molecule has 0 spiro atoms. The molecule has 2 N–H and O–H groups in total.